The largest absolute Gasteiger partial charge is 0.387 e. The van der Waals surface area contributed by atoms with E-state index in [0.717, 1.165) is 38.8 Å². The highest BCUT2D eigenvalue weighted by Crippen LogP contribution is 2.25. The molecule has 0 saturated carbocycles. The first-order valence-corrected chi connectivity index (χ1v) is 6.85. The van der Waals surface area contributed by atoms with Gasteiger partial charge in [0.2, 0.25) is 5.91 Å². The maximum absolute atomic E-state index is 12.0. The van der Waals surface area contributed by atoms with Crippen LogP contribution in [0.2, 0.25) is 0 Å². The lowest BCUT2D eigenvalue weighted by atomic mass is 9.89. The van der Waals surface area contributed by atoms with Crippen molar-refractivity contribution in [1.29, 1.82) is 0 Å². The highest BCUT2D eigenvalue weighted by atomic mass is 16.3. The molecule has 17 heavy (non-hydrogen) atoms. The number of carbonyl (C=O) groups is 1. The number of hydrogen-bond acceptors (Lipinski definition) is 3. The summed E-state index contributed by atoms with van der Waals surface area (Å²) in [6, 6.07) is 0. The SMILES string of the molecule is CCCC1(O)CN(CC(=O)N2CCCCC2)C1. The summed E-state index contributed by atoms with van der Waals surface area (Å²) in [5.41, 5.74) is -0.517. The van der Waals surface area contributed by atoms with Gasteiger partial charge in [-0.3, -0.25) is 9.69 Å². The molecular formula is C13H24N2O2. The van der Waals surface area contributed by atoms with Gasteiger partial charge in [-0.2, -0.15) is 0 Å². The number of β-amino-alcohol motifs (C(OH)–C–C–N with tert-alkyl or cyclic N) is 1. The Morgan fingerprint density at radius 3 is 2.47 bits per heavy atom. The number of likely N-dealkylation sites (tertiary alicyclic amines) is 2. The van der Waals surface area contributed by atoms with E-state index in [9.17, 15) is 9.90 Å². The first kappa shape index (κ1) is 12.8. The molecule has 0 aromatic rings. The number of rotatable bonds is 4. The van der Waals surface area contributed by atoms with Crippen LogP contribution in [0.15, 0.2) is 0 Å². The Balaban J connectivity index is 1.70. The monoisotopic (exact) mass is 240 g/mol. The minimum absolute atomic E-state index is 0.239. The van der Waals surface area contributed by atoms with E-state index in [2.05, 4.69) is 11.8 Å². The van der Waals surface area contributed by atoms with Crippen molar-refractivity contribution in [1.82, 2.24) is 9.80 Å². The van der Waals surface area contributed by atoms with Gasteiger partial charge in [0, 0.05) is 26.2 Å². The van der Waals surface area contributed by atoms with Crippen LogP contribution in [0, 0.1) is 0 Å². The topological polar surface area (TPSA) is 43.8 Å². The predicted molar refractivity (Wildman–Crippen MR) is 66.7 cm³/mol. The van der Waals surface area contributed by atoms with Crippen molar-refractivity contribution in [2.45, 2.75) is 44.6 Å². The summed E-state index contributed by atoms with van der Waals surface area (Å²) in [6.07, 6.45) is 5.40. The summed E-state index contributed by atoms with van der Waals surface area (Å²) in [5, 5.41) is 10.0. The fraction of sp³-hybridized carbons (Fsp3) is 0.923. The molecule has 2 fully saturated rings. The molecular weight excluding hydrogens is 216 g/mol. The molecule has 0 spiro atoms. The lowest BCUT2D eigenvalue weighted by Crippen LogP contribution is -2.63. The van der Waals surface area contributed by atoms with Crippen molar-refractivity contribution < 1.29 is 9.90 Å². The van der Waals surface area contributed by atoms with Crippen LogP contribution in [0.3, 0.4) is 0 Å². The van der Waals surface area contributed by atoms with Crippen LogP contribution in [0.25, 0.3) is 0 Å². The maximum Gasteiger partial charge on any atom is 0.236 e. The third-order valence-electron chi connectivity index (χ3n) is 3.82. The molecule has 4 heteroatoms. The molecule has 98 valence electrons. The van der Waals surface area contributed by atoms with Gasteiger partial charge in [-0.05, 0) is 25.7 Å². The number of hydrogen-bond donors (Lipinski definition) is 1. The molecule has 1 N–H and O–H groups in total. The van der Waals surface area contributed by atoms with Gasteiger partial charge in [0.1, 0.15) is 0 Å². The quantitative estimate of drug-likeness (QED) is 0.792. The van der Waals surface area contributed by atoms with E-state index >= 15 is 0 Å². The minimum Gasteiger partial charge on any atom is -0.387 e. The normalized spacial score (nSPS) is 24.5. The van der Waals surface area contributed by atoms with Gasteiger partial charge < -0.3 is 10.0 Å². The third kappa shape index (κ3) is 3.19. The van der Waals surface area contributed by atoms with E-state index in [1.54, 1.807) is 0 Å². The van der Waals surface area contributed by atoms with Crippen molar-refractivity contribution in [3.05, 3.63) is 0 Å². The minimum atomic E-state index is -0.517. The second-order valence-corrected chi connectivity index (χ2v) is 5.56. The first-order valence-electron chi connectivity index (χ1n) is 6.85. The van der Waals surface area contributed by atoms with Crippen molar-refractivity contribution in [3.8, 4) is 0 Å². The molecule has 0 aliphatic carbocycles. The van der Waals surface area contributed by atoms with Gasteiger partial charge in [-0.1, -0.05) is 13.3 Å². The molecule has 1 amide bonds. The molecule has 2 aliphatic rings. The summed E-state index contributed by atoms with van der Waals surface area (Å²) in [6.45, 7) is 5.75. The standard InChI is InChI=1S/C13H24N2O2/c1-2-6-13(17)10-14(11-13)9-12(16)15-7-4-3-5-8-15/h17H,2-11H2,1H3. The lowest BCUT2D eigenvalue weighted by Gasteiger charge is -2.46. The molecule has 2 rings (SSSR count). The van der Waals surface area contributed by atoms with Gasteiger partial charge in [0.15, 0.2) is 0 Å². The number of amides is 1. The number of piperidine rings is 1. The molecule has 0 aromatic heterocycles. The summed E-state index contributed by atoms with van der Waals surface area (Å²) < 4.78 is 0. The molecule has 4 nitrogen and oxygen atoms in total. The molecule has 0 aromatic carbocycles. The molecule has 0 unspecified atom stereocenters. The number of nitrogens with zero attached hydrogens (tertiary/aromatic N) is 2. The molecule has 0 radical (unpaired) electrons. The smallest absolute Gasteiger partial charge is 0.236 e. The van der Waals surface area contributed by atoms with E-state index in [0.29, 0.717) is 19.6 Å². The predicted octanol–water partition coefficient (Wildman–Crippen LogP) is 0.846. The van der Waals surface area contributed by atoms with Crippen LogP contribution < -0.4 is 0 Å². The molecule has 0 atom stereocenters. The Morgan fingerprint density at radius 1 is 1.24 bits per heavy atom. The van der Waals surface area contributed by atoms with E-state index in [1.807, 2.05) is 4.90 Å². The molecule has 2 saturated heterocycles. The van der Waals surface area contributed by atoms with Crippen LogP contribution in [0.4, 0.5) is 0 Å². The fourth-order valence-electron chi connectivity index (χ4n) is 2.96. The van der Waals surface area contributed by atoms with Gasteiger partial charge in [0.25, 0.3) is 0 Å². The molecule has 2 aliphatic heterocycles. The van der Waals surface area contributed by atoms with Crippen LogP contribution in [-0.2, 0) is 4.79 Å². The van der Waals surface area contributed by atoms with Crippen LogP contribution >= 0.6 is 0 Å². The van der Waals surface area contributed by atoms with Crippen molar-refractivity contribution >= 4 is 5.91 Å². The second kappa shape index (κ2) is 5.36. The summed E-state index contributed by atoms with van der Waals surface area (Å²) in [4.78, 5) is 16.0. The highest BCUT2D eigenvalue weighted by Gasteiger charge is 2.41. The van der Waals surface area contributed by atoms with Crippen molar-refractivity contribution in [2.75, 3.05) is 32.7 Å². The first-order chi connectivity index (χ1) is 8.13. The van der Waals surface area contributed by atoms with Gasteiger partial charge in [-0.25, -0.2) is 0 Å². The van der Waals surface area contributed by atoms with Crippen LogP contribution in [0.5, 0.6) is 0 Å². The summed E-state index contributed by atoms with van der Waals surface area (Å²) >= 11 is 0. The fourth-order valence-corrected chi connectivity index (χ4v) is 2.96. The Hall–Kier alpha value is -0.610. The zero-order valence-electron chi connectivity index (χ0n) is 10.8. The number of aliphatic hydroxyl groups is 1. The lowest BCUT2D eigenvalue weighted by molar-refractivity contribution is -0.143. The average Bonchev–Trinajstić information content (AvgIpc) is 2.28. The van der Waals surface area contributed by atoms with Gasteiger partial charge >= 0.3 is 0 Å². The van der Waals surface area contributed by atoms with E-state index < -0.39 is 5.60 Å². The van der Waals surface area contributed by atoms with Gasteiger partial charge in [0.05, 0.1) is 12.1 Å². The van der Waals surface area contributed by atoms with Crippen molar-refractivity contribution in [2.24, 2.45) is 0 Å². The average molecular weight is 240 g/mol. The van der Waals surface area contributed by atoms with E-state index in [-0.39, 0.29) is 5.91 Å². The summed E-state index contributed by atoms with van der Waals surface area (Å²) in [5.74, 6) is 0.239. The number of carbonyl (C=O) groups excluding carboxylic acids is 1. The van der Waals surface area contributed by atoms with E-state index in [4.69, 9.17) is 0 Å². The van der Waals surface area contributed by atoms with Crippen molar-refractivity contribution in [3.63, 3.8) is 0 Å². The Kier molecular flexibility index (Phi) is 4.05. The molecule has 0 bridgehead atoms. The van der Waals surface area contributed by atoms with Gasteiger partial charge in [-0.15, -0.1) is 0 Å². The Morgan fingerprint density at radius 2 is 1.88 bits per heavy atom. The zero-order valence-corrected chi connectivity index (χ0v) is 10.8. The van der Waals surface area contributed by atoms with E-state index in [1.165, 1.54) is 6.42 Å². The zero-order chi connectivity index (χ0) is 12.3. The highest BCUT2D eigenvalue weighted by molar-refractivity contribution is 5.78. The van der Waals surface area contributed by atoms with Crippen LogP contribution in [-0.4, -0.2) is 59.1 Å². The molecule has 2 heterocycles. The summed E-state index contributed by atoms with van der Waals surface area (Å²) in [7, 11) is 0. The van der Waals surface area contributed by atoms with Crippen LogP contribution in [0.1, 0.15) is 39.0 Å². The Labute approximate surface area is 104 Å². The maximum atomic E-state index is 12.0. The Bertz CT molecular complexity index is 269. The third-order valence-corrected chi connectivity index (χ3v) is 3.82. The second-order valence-electron chi connectivity index (χ2n) is 5.56.